The Bertz CT molecular complexity index is 1050. The van der Waals surface area contributed by atoms with Crippen molar-refractivity contribution < 1.29 is 0 Å². The number of nitrogens with zero attached hydrogens (tertiary/aromatic N) is 2. The van der Waals surface area contributed by atoms with E-state index >= 15 is 0 Å². The third-order valence-electron chi connectivity index (χ3n) is 6.27. The molecule has 1 atom stereocenters. The van der Waals surface area contributed by atoms with Gasteiger partial charge in [0, 0.05) is 31.4 Å². The molecule has 2 aliphatic heterocycles. The largest absolute Gasteiger partial charge is 0.385 e. The van der Waals surface area contributed by atoms with Gasteiger partial charge >= 0.3 is 5.69 Å². The third-order valence-corrected chi connectivity index (χ3v) is 6.27. The van der Waals surface area contributed by atoms with Gasteiger partial charge in [0.05, 0.1) is 11.0 Å². The van der Waals surface area contributed by atoms with Crippen molar-refractivity contribution in [2.24, 2.45) is 0 Å². The minimum Gasteiger partial charge on any atom is -0.385 e. The topological polar surface area (TPSA) is 53.1 Å². The zero-order valence-electron chi connectivity index (χ0n) is 15.8. The van der Waals surface area contributed by atoms with Gasteiger partial charge in [-0.1, -0.05) is 24.3 Å². The average molecular weight is 362 g/mol. The zero-order valence-corrected chi connectivity index (χ0v) is 15.8. The van der Waals surface area contributed by atoms with E-state index in [0.717, 1.165) is 43.5 Å². The van der Waals surface area contributed by atoms with Crippen LogP contribution in [-0.4, -0.2) is 40.6 Å². The number of hydrogen-bond donors (Lipinski definition) is 2. The number of imidazole rings is 1. The van der Waals surface area contributed by atoms with Gasteiger partial charge in [0.15, 0.2) is 0 Å². The molecular weight excluding hydrogens is 336 g/mol. The van der Waals surface area contributed by atoms with Crippen LogP contribution in [0.15, 0.2) is 41.2 Å². The van der Waals surface area contributed by atoms with Crippen molar-refractivity contribution in [3.63, 3.8) is 0 Å². The fourth-order valence-corrected chi connectivity index (χ4v) is 4.76. The van der Waals surface area contributed by atoms with Crippen LogP contribution in [0.5, 0.6) is 0 Å². The van der Waals surface area contributed by atoms with Crippen LogP contribution in [0.25, 0.3) is 11.0 Å². The highest BCUT2D eigenvalue weighted by Gasteiger charge is 2.25. The Labute approximate surface area is 159 Å². The van der Waals surface area contributed by atoms with Crippen LogP contribution in [0.1, 0.15) is 23.1 Å². The first-order valence-electron chi connectivity index (χ1n) is 9.96. The summed E-state index contributed by atoms with van der Waals surface area (Å²) in [6.45, 7) is 2.85. The number of para-hydroxylation sites is 1. The number of fused-ring (bicyclic) bond motifs is 1. The van der Waals surface area contributed by atoms with E-state index in [1.165, 1.54) is 35.2 Å². The standard InChI is InChI=1S/C22H26N4O/c1-25(12-10-15-5-2-8-19-18(15)7-4-11-23-19)17-13-16-6-3-9-20-21(16)26(14-17)22(27)24-20/h2-3,5-6,8-9,17,23H,4,7,10-14H2,1H3,(H,24,27)/t17-/m1/s1. The van der Waals surface area contributed by atoms with Gasteiger partial charge < -0.3 is 15.2 Å². The quantitative estimate of drug-likeness (QED) is 0.750. The van der Waals surface area contributed by atoms with Crippen molar-refractivity contribution in [1.29, 1.82) is 0 Å². The smallest absolute Gasteiger partial charge is 0.326 e. The molecule has 2 aliphatic rings. The number of nitrogens with one attached hydrogen (secondary N) is 2. The Balaban J connectivity index is 1.33. The maximum atomic E-state index is 12.3. The van der Waals surface area contributed by atoms with E-state index in [4.69, 9.17) is 0 Å². The summed E-state index contributed by atoms with van der Waals surface area (Å²) in [5, 5.41) is 3.52. The van der Waals surface area contributed by atoms with E-state index in [1.54, 1.807) is 0 Å². The Morgan fingerprint density at radius 1 is 1.22 bits per heavy atom. The first-order chi connectivity index (χ1) is 13.2. The molecule has 0 unspecified atom stereocenters. The van der Waals surface area contributed by atoms with E-state index < -0.39 is 0 Å². The van der Waals surface area contributed by atoms with Crippen LogP contribution < -0.4 is 11.0 Å². The van der Waals surface area contributed by atoms with Gasteiger partial charge in [-0.05, 0) is 61.6 Å². The Morgan fingerprint density at radius 3 is 3.04 bits per heavy atom. The number of rotatable bonds is 4. The molecule has 0 fully saturated rings. The summed E-state index contributed by atoms with van der Waals surface area (Å²) < 4.78 is 1.92. The van der Waals surface area contributed by atoms with Gasteiger partial charge in [0.2, 0.25) is 0 Å². The lowest BCUT2D eigenvalue weighted by Gasteiger charge is -2.32. The summed E-state index contributed by atoms with van der Waals surface area (Å²) in [7, 11) is 2.20. The van der Waals surface area contributed by atoms with Crippen molar-refractivity contribution in [2.75, 3.05) is 25.5 Å². The molecule has 0 aliphatic carbocycles. The van der Waals surface area contributed by atoms with Gasteiger partial charge in [-0.25, -0.2) is 4.79 Å². The summed E-state index contributed by atoms with van der Waals surface area (Å²) in [6.07, 6.45) is 4.44. The fourth-order valence-electron chi connectivity index (χ4n) is 4.76. The molecule has 5 nitrogen and oxygen atoms in total. The maximum Gasteiger partial charge on any atom is 0.326 e. The SMILES string of the molecule is CN(CCc1cccc2c1CCCN2)[C@@H]1Cc2cccc3[nH]c(=O)n(c23)C1. The summed E-state index contributed by atoms with van der Waals surface area (Å²) >= 11 is 0. The lowest BCUT2D eigenvalue weighted by atomic mass is 9.95. The maximum absolute atomic E-state index is 12.3. The second-order valence-corrected chi connectivity index (χ2v) is 7.92. The molecular formula is C22H26N4O. The van der Waals surface area contributed by atoms with Crippen LogP contribution in [0.2, 0.25) is 0 Å². The van der Waals surface area contributed by atoms with Crippen molar-refractivity contribution in [3.8, 4) is 0 Å². The first-order valence-corrected chi connectivity index (χ1v) is 9.96. The number of hydrogen-bond acceptors (Lipinski definition) is 3. The van der Waals surface area contributed by atoms with E-state index in [2.05, 4.69) is 46.5 Å². The van der Waals surface area contributed by atoms with Crippen molar-refractivity contribution in [1.82, 2.24) is 14.5 Å². The van der Waals surface area contributed by atoms with Gasteiger partial charge in [-0.3, -0.25) is 4.57 Å². The second kappa shape index (κ2) is 6.57. The van der Waals surface area contributed by atoms with Gasteiger partial charge in [-0.15, -0.1) is 0 Å². The minimum atomic E-state index is 0.0127. The minimum absolute atomic E-state index is 0.0127. The second-order valence-electron chi connectivity index (χ2n) is 7.92. The monoisotopic (exact) mass is 362 g/mol. The molecule has 5 heteroatoms. The highest BCUT2D eigenvalue weighted by Crippen LogP contribution is 2.27. The molecule has 0 spiro atoms. The molecule has 2 aromatic carbocycles. The van der Waals surface area contributed by atoms with E-state index in [1.807, 2.05) is 16.7 Å². The number of H-pyrrole nitrogens is 1. The van der Waals surface area contributed by atoms with E-state index in [0.29, 0.717) is 6.04 Å². The van der Waals surface area contributed by atoms with Crippen LogP contribution in [0.4, 0.5) is 5.69 Å². The number of likely N-dealkylation sites (N-methyl/N-ethyl adjacent to an activating group) is 1. The predicted octanol–water partition coefficient (Wildman–Crippen LogP) is 2.79. The van der Waals surface area contributed by atoms with Crippen LogP contribution in [0, 0.1) is 0 Å². The van der Waals surface area contributed by atoms with Crippen LogP contribution in [-0.2, 0) is 25.8 Å². The lowest BCUT2D eigenvalue weighted by Crippen LogP contribution is -2.42. The summed E-state index contributed by atoms with van der Waals surface area (Å²) in [6, 6.07) is 13.2. The molecule has 0 radical (unpaired) electrons. The number of anilines is 1. The molecule has 0 bridgehead atoms. The molecule has 140 valence electrons. The molecule has 3 heterocycles. The normalized spacial score (nSPS) is 18.5. The predicted molar refractivity (Wildman–Crippen MR) is 110 cm³/mol. The van der Waals surface area contributed by atoms with Crippen LogP contribution in [0.3, 0.4) is 0 Å². The van der Waals surface area contributed by atoms with Crippen molar-refractivity contribution >= 4 is 16.7 Å². The fraction of sp³-hybridized carbons (Fsp3) is 0.409. The summed E-state index contributed by atoms with van der Waals surface area (Å²) in [5.41, 5.74) is 7.61. The first kappa shape index (κ1) is 16.6. The summed E-state index contributed by atoms with van der Waals surface area (Å²) in [5.74, 6) is 0. The average Bonchev–Trinajstić information content (AvgIpc) is 3.03. The van der Waals surface area contributed by atoms with Gasteiger partial charge in [-0.2, -0.15) is 0 Å². The molecule has 3 aromatic rings. The van der Waals surface area contributed by atoms with Crippen molar-refractivity contribution in [2.45, 2.75) is 38.3 Å². The van der Waals surface area contributed by atoms with Crippen molar-refractivity contribution in [3.05, 3.63) is 63.6 Å². The number of aromatic amines is 1. The number of benzene rings is 2. The van der Waals surface area contributed by atoms with Crippen LogP contribution >= 0.6 is 0 Å². The Morgan fingerprint density at radius 2 is 2.11 bits per heavy atom. The van der Waals surface area contributed by atoms with Gasteiger partial charge in [0.25, 0.3) is 0 Å². The molecule has 27 heavy (non-hydrogen) atoms. The lowest BCUT2D eigenvalue weighted by molar-refractivity contribution is 0.215. The molecule has 0 saturated carbocycles. The number of aromatic nitrogens is 2. The molecule has 1 aromatic heterocycles. The third kappa shape index (κ3) is 2.86. The Hall–Kier alpha value is -2.53. The highest BCUT2D eigenvalue weighted by atomic mass is 16.1. The molecule has 0 saturated heterocycles. The van der Waals surface area contributed by atoms with Gasteiger partial charge in [0.1, 0.15) is 0 Å². The van der Waals surface area contributed by atoms with E-state index in [-0.39, 0.29) is 5.69 Å². The zero-order chi connectivity index (χ0) is 18.4. The highest BCUT2D eigenvalue weighted by molar-refractivity contribution is 5.79. The summed E-state index contributed by atoms with van der Waals surface area (Å²) in [4.78, 5) is 17.8. The molecule has 0 amide bonds. The molecule has 5 rings (SSSR count). The molecule has 2 N–H and O–H groups in total. The Kier molecular flexibility index (Phi) is 4.05. The van der Waals surface area contributed by atoms with E-state index in [9.17, 15) is 4.79 Å².